The number of carboxylic acid groups (broad SMARTS) is 1. The highest BCUT2D eigenvalue weighted by Gasteiger charge is 2.26. The van der Waals surface area contributed by atoms with E-state index in [1.54, 1.807) is 27.0 Å². The van der Waals surface area contributed by atoms with Gasteiger partial charge in [-0.3, -0.25) is 0 Å². The van der Waals surface area contributed by atoms with Gasteiger partial charge in [0, 0.05) is 24.0 Å². The summed E-state index contributed by atoms with van der Waals surface area (Å²) in [5.41, 5.74) is 1.97. The van der Waals surface area contributed by atoms with Crippen molar-refractivity contribution in [2.24, 2.45) is 0 Å². The number of hydrogen-bond donors (Lipinski definition) is 2. The number of aromatic nitrogens is 2. The van der Waals surface area contributed by atoms with Gasteiger partial charge < -0.3 is 19.7 Å². The molecule has 0 radical (unpaired) electrons. The first kappa shape index (κ1) is 19.5. The van der Waals surface area contributed by atoms with Crippen LogP contribution in [0.4, 0.5) is 4.79 Å². The molecule has 7 nitrogen and oxygen atoms in total. The molecule has 140 valence electrons. The molecule has 2 heterocycles. The van der Waals surface area contributed by atoms with E-state index in [0.717, 1.165) is 22.8 Å². The van der Waals surface area contributed by atoms with E-state index in [1.165, 1.54) is 0 Å². The first-order valence-electron chi connectivity index (χ1n) is 8.40. The Kier molecular flexibility index (Phi) is 5.69. The highest BCUT2D eigenvalue weighted by Crippen LogP contribution is 2.21. The Hall–Kier alpha value is -2.83. The van der Waals surface area contributed by atoms with E-state index in [9.17, 15) is 14.7 Å². The molecule has 0 saturated heterocycles. The molecule has 1 unspecified atom stereocenters. The molecular weight excluding hydrogens is 334 g/mol. The van der Waals surface area contributed by atoms with Crippen LogP contribution in [0.5, 0.6) is 0 Å². The summed E-state index contributed by atoms with van der Waals surface area (Å²) in [6, 6.07) is 6.45. The van der Waals surface area contributed by atoms with Crippen molar-refractivity contribution in [1.82, 2.24) is 14.9 Å². The number of aryl methyl sites for hydroxylation is 1. The fraction of sp³-hybridized carbons (Fsp3) is 0.421. The molecule has 0 bridgehead atoms. The van der Waals surface area contributed by atoms with Gasteiger partial charge in [-0.05, 0) is 58.4 Å². The van der Waals surface area contributed by atoms with Gasteiger partial charge in [-0.15, -0.1) is 0 Å². The van der Waals surface area contributed by atoms with Gasteiger partial charge >= 0.3 is 12.1 Å². The largest absolute Gasteiger partial charge is 0.480 e. The quantitative estimate of drug-likeness (QED) is 0.856. The van der Waals surface area contributed by atoms with Crippen LogP contribution in [0.25, 0.3) is 5.82 Å². The molecule has 0 aromatic carbocycles. The van der Waals surface area contributed by atoms with Gasteiger partial charge in [0.05, 0.1) is 0 Å². The molecule has 0 spiro atoms. The second kappa shape index (κ2) is 7.59. The number of nitrogens with one attached hydrogen (secondary N) is 1. The van der Waals surface area contributed by atoms with Gasteiger partial charge in [0.1, 0.15) is 17.5 Å². The lowest BCUT2D eigenvalue weighted by Gasteiger charge is -2.22. The summed E-state index contributed by atoms with van der Waals surface area (Å²) in [7, 11) is 0. The fourth-order valence-electron chi connectivity index (χ4n) is 2.74. The van der Waals surface area contributed by atoms with E-state index >= 15 is 0 Å². The Labute approximate surface area is 153 Å². The predicted molar refractivity (Wildman–Crippen MR) is 97.5 cm³/mol. The summed E-state index contributed by atoms with van der Waals surface area (Å²) in [6.45, 7) is 9.01. The lowest BCUT2D eigenvalue weighted by molar-refractivity contribution is -0.139. The molecule has 1 atom stereocenters. The van der Waals surface area contributed by atoms with Gasteiger partial charge in [-0.1, -0.05) is 6.07 Å². The average molecular weight is 359 g/mol. The molecule has 26 heavy (non-hydrogen) atoms. The summed E-state index contributed by atoms with van der Waals surface area (Å²) in [5, 5.41) is 11.9. The van der Waals surface area contributed by atoms with Crippen molar-refractivity contribution < 1.29 is 19.4 Å². The Morgan fingerprint density at radius 2 is 2.00 bits per heavy atom. The van der Waals surface area contributed by atoms with Crippen LogP contribution in [0.15, 0.2) is 30.5 Å². The zero-order valence-electron chi connectivity index (χ0n) is 15.7. The van der Waals surface area contributed by atoms with Gasteiger partial charge in [0.15, 0.2) is 0 Å². The maximum atomic E-state index is 11.9. The lowest BCUT2D eigenvalue weighted by atomic mass is 10.1. The summed E-state index contributed by atoms with van der Waals surface area (Å²) < 4.78 is 7.12. The number of carboxylic acids is 1. The van der Waals surface area contributed by atoms with Crippen LogP contribution in [0.1, 0.15) is 37.7 Å². The van der Waals surface area contributed by atoms with Crippen molar-refractivity contribution in [2.75, 3.05) is 0 Å². The third-order valence-corrected chi connectivity index (χ3v) is 3.83. The number of carbonyl (C=O) groups is 2. The Morgan fingerprint density at radius 3 is 2.54 bits per heavy atom. The molecule has 0 aliphatic rings. The second-order valence-corrected chi connectivity index (χ2v) is 7.16. The number of nitrogens with zero attached hydrogens (tertiary/aromatic N) is 2. The van der Waals surface area contributed by atoms with E-state index in [-0.39, 0.29) is 6.42 Å². The minimum absolute atomic E-state index is 0.154. The van der Waals surface area contributed by atoms with Gasteiger partial charge in [0.2, 0.25) is 0 Å². The molecule has 1 amide bonds. The summed E-state index contributed by atoms with van der Waals surface area (Å²) >= 11 is 0. The van der Waals surface area contributed by atoms with Crippen LogP contribution in [0, 0.1) is 13.8 Å². The van der Waals surface area contributed by atoms with Crippen molar-refractivity contribution in [3.05, 3.63) is 47.4 Å². The summed E-state index contributed by atoms with van der Waals surface area (Å²) in [4.78, 5) is 27.9. The maximum absolute atomic E-state index is 11.9. The van der Waals surface area contributed by atoms with E-state index in [0.29, 0.717) is 0 Å². The zero-order chi connectivity index (χ0) is 19.5. The third kappa shape index (κ3) is 4.84. The molecule has 2 aromatic rings. The molecular formula is C19H25N3O4. The number of aliphatic carboxylic acids is 1. The molecule has 2 aromatic heterocycles. The maximum Gasteiger partial charge on any atom is 0.408 e. The predicted octanol–water partition coefficient (Wildman–Crippen LogP) is 3.01. The third-order valence-electron chi connectivity index (χ3n) is 3.83. The fourth-order valence-corrected chi connectivity index (χ4v) is 2.74. The number of rotatable bonds is 5. The van der Waals surface area contributed by atoms with E-state index in [4.69, 9.17) is 4.74 Å². The molecule has 7 heteroatoms. The minimum atomic E-state index is -1.11. The molecule has 0 aliphatic carbocycles. The van der Waals surface area contributed by atoms with Crippen LogP contribution in [0.3, 0.4) is 0 Å². The van der Waals surface area contributed by atoms with E-state index < -0.39 is 23.7 Å². The van der Waals surface area contributed by atoms with Crippen LogP contribution >= 0.6 is 0 Å². The average Bonchev–Trinajstić information content (AvgIpc) is 2.79. The van der Waals surface area contributed by atoms with Crippen molar-refractivity contribution in [3.63, 3.8) is 0 Å². The SMILES string of the molecule is Cc1cc(CC(NC(=O)OC(C)(C)C)C(=O)O)c(C)n1-c1ccccn1. The minimum Gasteiger partial charge on any atom is -0.480 e. The Morgan fingerprint density at radius 1 is 1.31 bits per heavy atom. The topological polar surface area (TPSA) is 93.5 Å². The summed E-state index contributed by atoms with van der Waals surface area (Å²) in [6.07, 6.45) is 1.11. The van der Waals surface area contributed by atoms with Crippen LogP contribution in [-0.2, 0) is 16.0 Å². The van der Waals surface area contributed by atoms with Crippen molar-refractivity contribution in [3.8, 4) is 5.82 Å². The van der Waals surface area contributed by atoms with Crippen molar-refractivity contribution in [2.45, 2.75) is 52.7 Å². The van der Waals surface area contributed by atoms with Crippen LogP contribution in [0.2, 0.25) is 0 Å². The number of pyridine rings is 1. The number of carbonyl (C=O) groups excluding carboxylic acids is 1. The number of alkyl carbamates (subject to hydrolysis) is 1. The van der Waals surface area contributed by atoms with Crippen LogP contribution < -0.4 is 5.32 Å². The normalized spacial score (nSPS) is 12.5. The molecule has 0 fully saturated rings. The number of amides is 1. The lowest BCUT2D eigenvalue weighted by Crippen LogP contribution is -2.44. The van der Waals surface area contributed by atoms with Gasteiger partial charge in [0.25, 0.3) is 0 Å². The van der Waals surface area contributed by atoms with Crippen molar-refractivity contribution in [1.29, 1.82) is 0 Å². The monoisotopic (exact) mass is 359 g/mol. The van der Waals surface area contributed by atoms with Crippen LogP contribution in [-0.4, -0.2) is 38.4 Å². The molecule has 2 rings (SSSR count). The van der Waals surface area contributed by atoms with E-state index in [2.05, 4.69) is 10.3 Å². The first-order chi connectivity index (χ1) is 12.1. The highest BCUT2D eigenvalue weighted by atomic mass is 16.6. The van der Waals surface area contributed by atoms with Gasteiger partial charge in [-0.25, -0.2) is 14.6 Å². The Balaban J connectivity index is 2.22. The Bertz CT molecular complexity index is 791. The highest BCUT2D eigenvalue weighted by molar-refractivity contribution is 5.80. The number of ether oxygens (including phenoxy) is 1. The first-order valence-corrected chi connectivity index (χ1v) is 8.40. The number of hydrogen-bond acceptors (Lipinski definition) is 4. The van der Waals surface area contributed by atoms with Crippen molar-refractivity contribution >= 4 is 12.1 Å². The van der Waals surface area contributed by atoms with E-state index in [1.807, 2.05) is 42.7 Å². The molecule has 0 saturated carbocycles. The van der Waals surface area contributed by atoms with Gasteiger partial charge in [-0.2, -0.15) is 0 Å². The second-order valence-electron chi connectivity index (χ2n) is 7.16. The molecule has 2 N–H and O–H groups in total. The zero-order valence-corrected chi connectivity index (χ0v) is 15.7. The summed E-state index contributed by atoms with van der Waals surface area (Å²) in [5.74, 6) is -0.348. The molecule has 0 aliphatic heterocycles. The standard InChI is InChI=1S/C19H25N3O4/c1-12-10-14(13(2)22(12)16-8-6-7-9-20-16)11-15(17(23)24)21-18(25)26-19(3,4)5/h6-10,15H,11H2,1-5H3,(H,21,25)(H,23,24). The smallest absolute Gasteiger partial charge is 0.408 e.